The van der Waals surface area contributed by atoms with E-state index in [0.29, 0.717) is 18.3 Å². The SMILES string of the molecule is CN1CCC(CCOc2ccc(O)c(C(=O)Nc3cc(-c4ccccc4)ccc3C(=O)O)c2)CC1. The third-order valence-electron chi connectivity index (χ3n) is 6.45. The van der Waals surface area contributed by atoms with Gasteiger partial charge in [-0.2, -0.15) is 0 Å². The Morgan fingerprint density at radius 3 is 2.43 bits per heavy atom. The first-order valence-corrected chi connectivity index (χ1v) is 11.8. The van der Waals surface area contributed by atoms with Crippen molar-refractivity contribution in [2.24, 2.45) is 5.92 Å². The van der Waals surface area contributed by atoms with E-state index in [1.807, 2.05) is 30.3 Å². The summed E-state index contributed by atoms with van der Waals surface area (Å²) in [6.07, 6.45) is 3.23. The summed E-state index contributed by atoms with van der Waals surface area (Å²) in [5.41, 5.74) is 1.78. The number of carbonyl (C=O) groups is 2. The topological polar surface area (TPSA) is 99.1 Å². The number of rotatable bonds is 8. The smallest absolute Gasteiger partial charge is 0.337 e. The van der Waals surface area contributed by atoms with Crippen LogP contribution in [0.25, 0.3) is 11.1 Å². The molecule has 0 spiro atoms. The summed E-state index contributed by atoms with van der Waals surface area (Å²) in [5.74, 6) is -0.873. The van der Waals surface area contributed by atoms with E-state index in [9.17, 15) is 19.8 Å². The number of anilines is 1. The molecule has 1 aliphatic rings. The Kier molecular flexibility index (Phi) is 7.67. The maximum atomic E-state index is 13.0. The Morgan fingerprint density at radius 1 is 0.971 bits per heavy atom. The number of aromatic hydroxyl groups is 1. The van der Waals surface area contributed by atoms with E-state index in [0.717, 1.165) is 43.5 Å². The average Bonchev–Trinajstić information content (AvgIpc) is 2.86. The molecule has 1 saturated heterocycles. The van der Waals surface area contributed by atoms with Crippen molar-refractivity contribution in [3.8, 4) is 22.6 Å². The van der Waals surface area contributed by atoms with E-state index in [1.54, 1.807) is 18.2 Å². The first-order valence-electron chi connectivity index (χ1n) is 11.8. The number of amides is 1. The van der Waals surface area contributed by atoms with Crippen molar-refractivity contribution >= 4 is 17.6 Å². The van der Waals surface area contributed by atoms with Crippen LogP contribution in [-0.4, -0.2) is 53.7 Å². The number of carboxylic acid groups (broad SMARTS) is 1. The number of aromatic carboxylic acids is 1. The zero-order valence-electron chi connectivity index (χ0n) is 19.7. The van der Waals surface area contributed by atoms with Gasteiger partial charge >= 0.3 is 5.97 Å². The van der Waals surface area contributed by atoms with E-state index in [2.05, 4.69) is 17.3 Å². The first kappa shape index (κ1) is 24.3. The monoisotopic (exact) mass is 474 g/mol. The maximum absolute atomic E-state index is 13.0. The molecule has 182 valence electrons. The molecule has 7 heteroatoms. The van der Waals surface area contributed by atoms with Gasteiger partial charge < -0.3 is 25.2 Å². The molecule has 1 fully saturated rings. The fraction of sp³-hybridized carbons (Fsp3) is 0.286. The summed E-state index contributed by atoms with van der Waals surface area (Å²) in [6.45, 7) is 2.72. The van der Waals surface area contributed by atoms with Gasteiger partial charge in [-0.25, -0.2) is 4.79 Å². The summed E-state index contributed by atoms with van der Waals surface area (Å²) in [4.78, 5) is 27.1. The van der Waals surface area contributed by atoms with Crippen LogP contribution >= 0.6 is 0 Å². The maximum Gasteiger partial charge on any atom is 0.337 e. The summed E-state index contributed by atoms with van der Waals surface area (Å²) in [7, 11) is 2.13. The Hall–Kier alpha value is -3.84. The number of phenols is 1. The minimum absolute atomic E-state index is 0.0169. The molecule has 7 nitrogen and oxygen atoms in total. The third-order valence-corrected chi connectivity index (χ3v) is 6.45. The number of benzene rings is 3. The summed E-state index contributed by atoms with van der Waals surface area (Å²) in [5, 5.41) is 22.6. The van der Waals surface area contributed by atoms with E-state index in [4.69, 9.17) is 4.74 Å². The number of likely N-dealkylation sites (tertiary alicyclic amines) is 1. The fourth-order valence-corrected chi connectivity index (χ4v) is 4.31. The Labute approximate surface area is 205 Å². The van der Waals surface area contributed by atoms with Crippen molar-refractivity contribution in [3.05, 3.63) is 77.9 Å². The largest absolute Gasteiger partial charge is 0.507 e. The highest BCUT2D eigenvalue weighted by Gasteiger charge is 2.19. The van der Waals surface area contributed by atoms with Crippen LogP contribution in [0.2, 0.25) is 0 Å². The van der Waals surface area contributed by atoms with Crippen molar-refractivity contribution in [2.45, 2.75) is 19.3 Å². The number of piperidine rings is 1. The van der Waals surface area contributed by atoms with Gasteiger partial charge in [0.25, 0.3) is 5.91 Å². The number of ether oxygens (including phenoxy) is 1. The molecule has 0 bridgehead atoms. The molecule has 1 heterocycles. The van der Waals surface area contributed by atoms with Gasteiger partial charge in [0.1, 0.15) is 11.5 Å². The zero-order chi connectivity index (χ0) is 24.8. The van der Waals surface area contributed by atoms with Gasteiger partial charge in [-0.15, -0.1) is 0 Å². The lowest BCUT2D eigenvalue weighted by molar-refractivity contribution is 0.0698. The van der Waals surface area contributed by atoms with Gasteiger partial charge in [-0.3, -0.25) is 4.79 Å². The van der Waals surface area contributed by atoms with Crippen molar-refractivity contribution in [3.63, 3.8) is 0 Å². The number of nitrogens with one attached hydrogen (secondary N) is 1. The van der Waals surface area contributed by atoms with Gasteiger partial charge in [-0.05, 0) is 86.8 Å². The molecule has 0 radical (unpaired) electrons. The second kappa shape index (κ2) is 11.1. The quantitative estimate of drug-likeness (QED) is 0.419. The molecule has 4 rings (SSSR count). The van der Waals surface area contributed by atoms with Gasteiger partial charge in [0.15, 0.2) is 0 Å². The van der Waals surface area contributed by atoms with Crippen LogP contribution in [0.15, 0.2) is 66.7 Å². The lowest BCUT2D eigenvalue weighted by atomic mass is 9.94. The molecular weight excluding hydrogens is 444 g/mol. The first-order chi connectivity index (χ1) is 16.9. The number of hydrogen-bond donors (Lipinski definition) is 3. The van der Waals surface area contributed by atoms with Crippen molar-refractivity contribution in [2.75, 3.05) is 32.1 Å². The lowest BCUT2D eigenvalue weighted by Gasteiger charge is -2.28. The number of hydrogen-bond acceptors (Lipinski definition) is 5. The Bertz CT molecular complexity index is 1190. The van der Waals surface area contributed by atoms with Crippen LogP contribution in [0.1, 0.15) is 40.0 Å². The molecule has 0 saturated carbocycles. The average molecular weight is 475 g/mol. The molecule has 1 amide bonds. The van der Waals surface area contributed by atoms with Crippen LogP contribution in [0.3, 0.4) is 0 Å². The third kappa shape index (κ3) is 6.19. The molecule has 0 atom stereocenters. The molecular formula is C28H30N2O5. The van der Waals surface area contributed by atoms with Crippen LogP contribution in [-0.2, 0) is 0 Å². The molecule has 1 aliphatic heterocycles. The highest BCUT2D eigenvalue weighted by Crippen LogP contribution is 2.29. The minimum atomic E-state index is -1.16. The minimum Gasteiger partial charge on any atom is -0.507 e. The normalized spacial score (nSPS) is 14.4. The van der Waals surface area contributed by atoms with Gasteiger partial charge in [0.2, 0.25) is 0 Å². The predicted molar refractivity (Wildman–Crippen MR) is 135 cm³/mol. The standard InChI is InChI=1S/C28H30N2O5/c1-30-14-11-19(12-15-30)13-16-35-22-8-10-26(31)24(18-22)27(32)29-25-17-21(7-9-23(25)28(33)34)20-5-3-2-4-6-20/h2-10,17-19,31H,11-16H2,1H3,(H,29,32)(H,33,34). The van der Waals surface area contributed by atoms with Gasteiger partial charge in [0.05, 0.1) is 23.4 Å². The fourth-order valence-electron chi connectivity index (χ4n) is 4.31. The number of nitrogens with zero attached hydrogens (tertiary/aromatic N) is 1. The second-order valence-electron chi connectivity index (χ2n) is 8.95. The van der Waals surface area contributed by atoms with E-state index >= 15 is 0 Å². The van der Waals surface area contributed by atoms with E-state index < -0.39 is 11.9 Å². The number of carbonyl (C=O) groups excluding carboxylic acids is 1. The molecule has 0 aromatic heterocycles. The van der Waals surface area contributed by atoms with Crippen LogP contribution in [0.5, 0.6) is 11.5 Å². The predicted octanol–water partition coefficient (Wildman–Crippen LogP) is 5.12. The highest BCUT2D eigenvalue weighted by molar-refractivity contribution is 6.09. The van der Waals surface area contributed by atoms with Crippen LogP contribution in [0, 0.1) is 5.92 Å². The zero-order valence-corrected chi connectivity index (χ0v) is 19.7. The molecule has 0 unspecified atom stereocenters. The van der Waals surface area contributed by atoms with Crippen molar-refractivity contribution in [1.82, 2.24) is 4.90 Å². The summed E-state index contributed by atoms with van der Waals surface area (Å²) in [6, 6.07) is 18.8. The van der Waals surface area contributed by atoms with Crippen molar-refractivity contribution in [1.29, 1.82) is 0 Å². The second-order valence-corrected chi connectivity index (χ2v) is 8.95. The molecule has 0 aliphatic carbocycles. The van der Waals surface area contributed by atoms with Crippen LogP contribution < -0.4 is 10.1 Å². The Morgan fingerprint density at radius 2 is 1.71 bits per heavy atom. The van der Waals surface area contributed by atoms with Gasteiger partial charge in [-0.1, -0.05) is 36.4 Å². The molecule has 35 heavy (non-hydrogen) atoms. The number of carboxylic acids is 1. The summed E-state index contributed by atoms with van der Waals surface area (Å²) >= 11 is 0. The molecule has 3 aromatic rings. The van der Waals surface area contributed by atoms with E-state index in [1.165, 1.54) is 18.2 Å². The van der Waals surface area contributed by atoms with Crippen LogP contribution in [0.4, 0.5) is 5.69 Å². The van der Waals surface area contributed by atoms with Gasteiger partial charge in [0, 0.05) is 0 Å². The lowest BCUT2D eigenvalue weighted by Crippen LogP contribution is -2.30. The molecule has 3 aromatic carbocycles. The van der Waals surface area contributed by atoms with Crippen molar-refractivity contribution < 1.29 is 24.5 Å². The molecule has 3 N–H and O–H groups in total. The Balaban J connectivity index is 1.48. The number of phenolic OH excluding ortho intramolecular Hbond substituents is 1. The highest BCUT2D eigenvalue weighted by atomic mass is 16.5. The van der Waals surface area contributed by atoms with E-state index in [-0.39, 0.29) is 22.6 Å². The summed E-state index contributed by atoms with van der Waals surface area (Å²) < 4.78 is 5.87.